The lowest BCUT2D eigenvalue weighted by Gasteiger charge is -2.15. The molecule has 6 aromatic carbocycles. The van der Waals surface area contributed by atoms with E-state index in [1.807, 2.05) is 84.9 Å². The van der Waals surface area contributed by atoms with Crippen molar-refractivity contribution in [3.63, 3.8) is 0 Å². The number of benzene rings is 6. The average molecular weight is 755 g/mol. The van der Waals surface area contributed by atoms with Crippen LogP contribution in [0.25, 0.3) is 0 Å². The normalized spacial score (nSPS) is 10.8. The fraction of sp³-hybridized carbons (Fsp3) is 0.250. The molecule has 0 bridgehead atoms. The van der Waals surface area contributed by atoms with E-state index < -0.39 is 0 Å². The largest absolute Gasteiger partial charge is 0.497 e. The van der Waals surface area contributed by atoms with Crippen molar-refractivity contribution in [2.45, 2.75) is 38.5 Å². The number of rotatable bonds is 19. The van der Waals surface area contributed by atoms with E-state index in [1.54, 1.807) is 42.7 Å². The maximum atomic E-state index is 6.38. The SMILES string of the molecule is COc1cccc(CCc2cc(OC)cc(Oc3ccc(CCc4ccc(Oc5cc(CCc6cccc(OC)c6)cc(OC)c5)c(OC)c4)cc3OC)c2)c1. The van der Waals surface area contributed by atoms with Crippen LogP contribution in [0.4, 0.5) is 0 Å². The molecule has 290 valence electrons. The smallest absolute Gasteiger partial charge is 0.169 e. The summed E-state index contributed by atoms with van der Waals surface area (Å²) in [7, 11) is 10.0. The van der Waals surface area contributed by atoms with Crippen molar-refractivity contribution in [1.82, 2.24) is 0 Å². The predicted octanol–water partition coefficient (Wildman–Crippen LogP) is 10.7. The topological polar surface area (TPSA) is 73.8 Å². The lowest BCUT2D eigenvalue weighted by atomic mass is 10.0. The van der Waals surface area contributed by atoms with Gasteiger partial charge in [0, 0.05) is 12.1 Å². The maximum Gasteiger partial charge on any atom is 0.169 e. The zero-order chi connectivity index (χ0) is 39.3. The van der Waals surface area contributed by atoms with Crippen molar-refractivity contribution >= 4 is 0 Å². The van der Waals surface area contributed by atoms with Crippen LogP contribution in [0, 0.1) is 0 Å². The van der Waals surface area contributed by atoms with Crippen LogP contribution in [0.1, 0.15) is 33.4 Å². The summed E-state index contributed by atoms with van der Waals surface area (Å²) >= 11 is 0. The third kappa shape index (κ3) is 10.7. The minimum absolute atomic E-state index is 0.632. The molecule has 0 saturated carbocycles. The van der Waals surface area contributed by atoms with Gasteiger partial charge in [-0.1, -0.05) is 36.4 Å². The molecule has 0 aliphatic carbocycles. The second-order valence-corrected chi connectivity index (χ2v) is 13.4. The Morgan fingerprint density at radius 2 is 0.607 bits per heavy atom. The van der Waals surface area contributed by atoms with Crippen molar-refractivity contribution < 1.29 is 37.9 Å². The average Bonchev–Trinajstić information content (AvgIpc) is 3.24. The second-order valence-electron chi connectivity index (χ2n) is 13.4. The van der Waals surface area contributed by atoms with E-state index in [-0.39, 0.29) is 0 Å². The molecule has 6 rings (SSSR count). The molecule has 8 heteroatoms. The van der Waals surface area contributed by atoms with Crippen LogP contribution in [0.5, 0.6) is 57.5 Å². The zero-order valence-corrected chi connectivity index (χ0v) is 33.1. The van der Waals surface area contributed by atoms with Crippen LogP contribution in [0.3, 0.4) is 0 Å². The highest BCUT2D eigenvalue weighted by Gasteiger charge is 2.13. The van der Waals surface area contributed by atoms with Gasteiger partial charge in [-0.3, -0.25) is 0 Å². The first kappa shape index (κ1) is 39.4. The van der Waals surface area contributed by atoms with Gasteiger partial charge in [0.25, 0.3) is 0 Å². The molecule has 0 N–H and O–H groups in total. The summed E-state index contributed by atoms with van der Waals surface area (Å²) in [6, 6.07) is 40.4. The molecule has 8 nitrogen and oxygen atoms in total. The Bertz CT molecular complexity index is 2050. The van der Waals surface area contributed by atoms with Gasteiger partial charge in [-0.2, -0.15) is 0 Å². The van der Waals surface area contributed by atoms with Crippen molar-refractivity contribution in [3.05, 3.63) is 155 Å². The molecular weight excluding hydrogens is 705 g/mol. The van der Waals surface area contributed by atoms with E-state index in [0.717, 1.165) is 83.8 Å². The van der Waals surface area contributed by atoms with E-state index in [1.165, 1.54) is 11.1 Å². The molecule has 0 aliphatic heterocycles. The minimum Gasteiger partial charge on any atom is -0.497 e. The third-order valence-electron chi connectivity index (χ3n) is 9.64. The monoisotopic (exact) mass is 754 g/mol. The Kier molecular flexibility index (Phi) is 13.6. The van der Waals surface area contributed by atoms with Crippen LogP contribution in [-0.2, 0) is 38.5 Å². The Labute approximate surface area is 330 Å². The van der Waals surface area contributed by atoms with E-state index >= 15 is 0 Å². The van der Waals surface area contributed by atoms with Gasteiger partial charge in [-0.25, -0.2) is 0 Å². The molecule has 56 heavy (non-hydrogen) atoms. The van der Waals surface area contributed by atoms with Crippen molar-refractivity contribution in [2.75, 3.05) is 42.7 Å². The third-order valence-corrected chi connectivity index (χ3v) is 9.64. The summed E-state index contributed by atoms with van der Waals surface area (Å²) in [5.74, 6) is 7.13. The Morgan fingerprint density at radius 1 is 0.268 bits per heavy atom. The maximum absolute atomic E-state index is 6.38. The van der Waals surface area contributed by atoms with E-state index in [4.69, 9.17) is 37.9 Å². The standard InChI is InChI=1S/C48H50O8/c1-49-39-11-7-9-33(23-39)15-17-37-25-41(51-3)31-43(27-37)55-45-21-19-35(29-47(45)53-5)13-14-36-20-22-46(48(30-36)54-6)56-44-28-38(26-42(32-44)52-4)18-16-34-10-8-12-40(24-34)50-2/h7-12,19-32H,13-18H2,1-6H3. The van der Waals surface area contributed by atoms with Crippen molar-refractivity contribution in [1.29, 1.82) is 0 Å². The molecule has 0 atom stereocenters. The first-order valence-corrected chi connectivity index (χ1v) is 18.7. The van der Waals surface area contributed by atoms with Crippen molar-refractivity contribution in [3.8, 4) is 57.5 Å². The summed E-state index contributed by atoms with van der Waals surface area (Å²) in [5, 5.41) is 0. The van der Waals surface area contributed by atoms with Gasteiger partial charge in [-0.05, 0) is 145 Å². The van der Waals surface area contributed by atoms with E-state index in [2.05, 4.69) is 36.4 Å². The number of aryl methyl sites for hydroxylation is 6. The van der Waals surface area contributed by atoms with Gasteiger partial charge < -0.3 is 37.9 Å². The van der Waals surface area contributed by atoms with Crippen LogP contribution < -0.4 is 37.9 Å². The molecule has 0 aliphatic rings. The predicted molar refractivity (Wildman–Crippen MR) is 220 cm³/mol. The zero-order valence-electron chi connectivity index (χ0n) is 33.1. The molecule has 0 fully saturated rings. The molecule has 0 aromatic heterocycles. The van der Waals surface area contributed by atoms with Gasteiger partial charge in [0.05, 0.1) is 42.7 Å². The Hall–Kier alpha value is -6.28. The number of hydrogen-bond donors (Lipinski definition) is 0. The van der Waals surface area contributed by atoms with E-state index in [0.29, 0.717) is 34.5 Å². The highest BCUT2D eigenvalue weighted by molar-refractivity contribution is 5.50. The first-order chi connectivity index (χ1) is 27.4. The summed E-state index contributed by atoms with van der Waals surface area (Å²) in [6.45, 7) is 0. The first-order valence-electron chi connectivity index (χ1n) is 18.7. The summed E-state index contributed by atoms with van der Waals surface area (Å²) in [6.07, 6.45) is 4.95. The van der Waals surface area contributed by atoms with E-state index in [9.17, 15) is 0 Å². The number of hydrogen-bond acceptors (Lipinski definition) is 8. The lowest BCUT2D eigenvalue weighted by molar-refractivity contribution is 0.375. The molecular formula is C48H50O8. The van der Waals surface area contributed by atoms with Crippen LogP contribution in [0.2, 0.25) is 0 Å². The quantitative estimate of drug-likeness (QED) is 0.0809. The van der Waals surface area contributed by atoms with Gasteiger partial charge >= 0.3 is 0 Å². The number of ether oxygens (including phenoxy) is 8. The van der Waals surface area contributed by atoms with Crippen LogP contribution >= 0.6 is 0 Å². The fourth-order valence-electron chi connectivity index (χ4n) is 6.58. The Balaban J connectivity index is 1.09. The van der Waals surface area contributed by atoms with Crippen LogP contribution in [-0.4, -0.2) is 42.7 Å². The minimum atomic E-state index is 0.632. The Morgan fingerprint density at radius 3 is 0.982 bits per heavy atom. The summed E-state index contributed by atoms with van der Waals surface area (Å²) in [5.41, 5.74) is 6.87. The molecule has 0 amide bonds. The lowest BCUT2D eigenvalue weighted by Crippen LogP contribution is -1.98. The molecule has 0 spiro atoms. The van der Waals surface area contributed by atoms with Gasteiger partial charge in [0.2, 0.25) is 0 Å². The second kappa shape index (κ2) is 19.4. The van der Waals surface area contributed by atoms with Gasteiger partial charge in [-0.15, -0.1) is 0 Å². The van der Waals surface area contributed by atoms with Crippen molar-refractivity contribution in [2.24, 2.45) is 0 Å². The van der Waals surface area contributed by atoms with Gasteiger partial charge in [0.15, 0.2) is 23.0 Å². The summed E-state index contributed by atoms with van der Waals surface area (Å²) in [4.78, 5) is 0. The summed E-state index contributed by atoms with van der Waals surface area (Å²) < 4.78 is 46.3. The number of methoxy groups -OCH3 is 6. The van der Waals surface area contributed by atoms with Gasteiger partial charge in [0.1, 0.15) is 34.5 Å². The highest BCUT2D eigenvalue weighted by atomic mass is 16.5. The molecule has 0 heterocycles. The molecule has 0 radical (unpaired) electrons. The molecule has 6 aromatic rings. The highest BCUT2D eigenvalue weighted by Crippen LogP contribution is 2.37. The molecule has 0 unspecified atom stereocenters. The van der Waals surface area contributed by atoms with Crippen LogP contribution in [0.15, 0.2) is 121 Å². The fourth-order valence-corrected chi connectivity index (χ4v) is 6.58. The molecule has 0 saturated heterocycles.